The number of rotatable bonds is 4. The molecule has 132 valence electrons. The van der Waals surface area contributed by atoms with Gasteiger partial charge in [-0.2, -0.15) is 0 Å². The van der Waals surface area contributed by atoms with E-state index in [-0.39, 0.29) is 5.91 Å². The zero-order valence-electron chi connectivity index (χ0n) is 14.6. The lowest BCUT2D eigenvalue weighted by Gasteiger charge is -2.33. The fourth-order valence-electron chi connectivity index (χ4n) is 3.99. The number of fused-ring (bicyclic) bond motifs is 1. The van der Waals surface area contributed by atoms with Crippen LogP contribution in [0.5, 0.6) is 10.9 Å². The second-order valence-electron chi connectivity index (χ2n) is 7.23. The fourth-order valence-corrected chi connectivity index (χ4v) is 4.72. The number of carbonyl (C=O) groups excluding carboxylic acids is 1. The summed E-state index contributed by atoms with van der Waals surface area (Å²) in [6, 6.07) is 6.44. The highest BCUT2D eigenvalue weighted by atomic mass is 32.1. The van der Waals surface area contributed by atoms with Crippen molar-refractivity contribution in [3.05, 3.63) is 35.5 Å². The van der Waals surface area contributed by atoms with Crippen LogP contribution in [-0.2, 0) is 17.6 Å². The van der Waals surface area contributed by atoms with Gasteiger partial charge in [-0.3, -0.25) is 4.79 Å². The number of anilines is 1. The molecule has 0 spiro atoms. The minimum atomic E-state index is -0.0961. The summed E-state index contributed by atoms with van der Waals surface area (Å²) in [6.07, 6.45) is 10.9. The third kappa shape index (κ3) is 3.87. The molecule has 0 saturated heterocycles. The van der Waals surface area contributed by atoms with E-state index in [9.17, 15) is 4.79 Å². The number of nitrogens with one attached hydrogen (secondary N) is 1. The van der Waals surface area contributed by atoms with Crippen LogP contribution in [0.3, 0.4) is 0 Å². The summed E-state index contributed by atoms with van der Waals surface area (Å²) in [4.78, 5) is 15.3. The van der Waals surface area contributed by atoms with E-state index >= 15 is 0 Å². The Morgan fingerprint density at radius 1 is 1.16 bits per heavy atom. The third-order valence-electron chi connectivity index (χ3n) is 5.55. The Bertz CT molecular complexity index is 767. The summed E-state index contributed by atoms with van der Waals surface area (Å²) < 4.78 is 5.91. The minimum absolute atomic E-state index is 0.0961. The van der Waals surface area contributed by atoms with Crippen molar-refractivity contribution in [1.82, 2.24) is 4.98 Å². The molecule has 4 rings (SSSR count). The molecule has 2 aromatic rings. The summed E-state index contributed by atoms with van der Waals surface area (Å²) in [6.45, 7) is 1.49. The molecular formula is C20H24N2O2S. The van der Waals surface area contributed by atoms with Crippen LogP contribution in [0.15, 0.2) is 24.4 Å². The minimum Gasteiger partial charge on any atom is -0.431 e. The van der Waals surface area contributed by atoms with Gasteiger partial charge in [0, 0.05) is 6.92 Å². The van der Waals surface area contributed by atoms with Gasteiger partial charge >= 0.3 is 0 Å². The Hall–Kier alpha value is -1.88. The predicted octanol–water partition coefficient (Wildman–Crippen LogP) is 5.19. The van der Waals surface area contributed by atoms with Crippen LogP contribution in [0.2, 0.25) is 0 Å². The van der Waals surface area contributed by atoms with Gasteiger partial charge in [0.05, 0.1) is 6.20 Å². The highest BCUT2D eigenvalue weighted by molar-refractivity contribution is 7.17. The molecule has 0 aliphatic heterocycles. The molecule has 1 saturated carbocycles. The van der Waals surface area contributed by atoms with E-state index in [2.05, 4.69) is 22.4 Å². The normalized spacial score (nSPS) is 20.3. The number of thiazole rings is 1. The number of hydrogen-bond donors (Lipinski definition) is 1. The molecule has 1 atom stereocenters. The van der Waals surface area contributed by atoms with Gasteiger partial charge in [-0.25, -0.2) is 4.98 Å². The molecule has 1 aromatic carbocycles. The number of aromatic nitrogens is 1. The first kappa shape index (κ1) is 16.6. The largest absolute Gasteiger partial charge is 0.431 e. The SMILES string of the molecule is CC(=O)Nc1cnc(Oc2ccc3c(c2)CCC(C2CCC2)CC3)s1. The molecule has 5 heteroatoms. The third-order valence-corrected chi connectivity index (χ3v) is 6.34. The number of nitrogens with zero attached hydrogens (tertiary/aromatic N) is 1. The quantitative estimate of drug-likeness (QED) is 0.767. The van der Waals surface area contributed by atoms with Crippen molar-refractivity contribution in [1.29, 1.82) is 0 Å². The summed E-state index contributed by atoms with van der Waals surface area (Å²) in [5, 5.41) is 4.00. The van der Waals surface area contributed by atoms with Crippen molar-refractivity contribution in [2.45, 2.75) is 51.9 Å². The fraction of sp³-hybridized carbons (Fsp3) is 0.500. The molecule has 1 heterocycles. The van der Waals surface area contributed by atoms with E-state index in [4.69, 9.17) is 4.74 Å². The average molecular weight is 356 g/mol. The number of aryl methyl sites for hydroxylation is 2. The number of amides is 1. The first-order valence-corrected chi connectivity index (χ1v) is 10.0. The van der Waals surface area contributed by atoms with Crippen molar-refractivity contribution >= 4 is 22.2 Å². The van der Waals surface area contributed by atoms with Gasteiger partial charge in [-0.1, -0.05) is 36.7 Å². The van der Waals surface area contributed by atoms with Crippen LogP contribution in [0.4, 0.5) is 5.00 Å². The number of hydrogen-bond acceptors (Lipinski definition) is 4. The molecule has 0 bridgehead atoms. The lowest BCUT2D eigenvalue weighted by atomic mass is 9.73. The standard InChI is InChI=1S/C20H24N2O2S/c1-13(23)22-19-12-21-20(25-19)24-18-10-9-16-6-5-15(14-3-2-4-14)7-8-17(16)11-18/h9-12,14-15H,2-8H2,1H3,(H,22,23). The van der Waals surface area contributed by atoms with Gasteiger partial charge in [-0.05, 0) is 60.8 Å². The second-order valence-corrected chi connectivity index (χ2v) is 8.23. The molecule has 25 heavy (non-hydrogen) atoms. The van der Waals surface area contributed by atoms with Crippen LogP contribution in [0.1, 0.15) is 50.2 Å². The number of ether oxygens (including phenoxy) is 1. The Balaban J connectivity index is 1.43. The van der Waals surface area contributed by atoms with Gasteiger partial charge in [0.2, 0.25) is 5.91 Å². The van der Waals surface area contributed by atoms with Gasteiger partial charge < -0.3 is 10.1 Å². The Kier molecular flexibility index (Phi) is 4.75. The van der Waals surface area contributed by atoms with Crippen molar-refractivity contribution in [3.8, 4) is 10.9 Å². The van der Waals surface area contributed by atoms with E-state index in [0.29, 0.717) is 10.2 Å². The van der Waals surface area contributed by atoms with E-state index in [0.717, 1.165) is 24.0 Å². The molecule has 1 N–H and O–H groups in total. The molecule has 2 aliphatic rings. The highest BCUT2D eigenvalue weighted by Crippen LogP contribution is 2.40. The second kappa shape index (κ2) is 7.16. The summed E-state index contributed by atoms with van der Waals surface area (Å²) >= 11 is 1.35. The molecule has 1 unspecified atom stereocenters. The van der Waals surface area contributed by atoms with Crippen molar-refractivity contribution in [2.24, 2.45) is 11.8 Å². The zero-order valence-corrected chi connectivity index (χ0v) is 15.4. The topological polar surface area (TPSA) is 51.2 Å². The van der Waals surface area contributed by atoms with E-state index in [1.165, 1.54) is 67.9 Å². The van der Waals surface area contributed by atoms with Crippen LogP contribution in [0, 0.1) is 11.8 Å². The molecule has 1 fully saturated rings. The number of carbonyl (C=O) groups is 1. The monoisotopic (exact) mass is 356 g/mol. The molecule has 1 amide bonds. The lowest BCUT2D eigenvalue weighted by Crippen LogP contribution is -2.22. The van der Waals surface area contributed by atoms with E-state index in [1.54, 1.807) is 6.20 Å². The first-order valence-electron chi connectivity index (χ1n) is 9.20. The molecule has 4 nitrogen and oxygen atoms in total. The Morgan fingerprint density at radius 3 is 2.64 bits per heavy atom. The molecular weight excluding hydrogens is 332 g/mol. The van der Waals surface area contributed by atoms with Gasteiger partial charge in [0.1, 0.15) is 10.8 Å². The van der Waals surface area contributed by atoms with Crippen LogP contribution in [-0.4, -0.2) is 10.9 Å². The summed E-state index contributed by atoms with van der Waals surface area (Å²) in [5.74, 6) is 2.63. The maximum Gasteiger partial charge on any atom is 0.280 e. The Morgan fingerprint density at radius 2 is 1.92 bits per heavy atom. The summed E-state index contributed by atoms with van der Waals surface area (Å²) in [5.41, 5.74) is 2.91. The average Bonchev–Trinajstić information content (AvgIpc) is 2.84. The molecule has 1 aromatic heterocycles. The van der Waals surface area contributed by atoms with Crippen molar-refractivity contribution < 1.29 is 9.53 Å². The van der Waals surface area contributed by atoms with Crippen molar-refractivity contribution in [2.75, 3.05) is 5.32 Å². The highest BCUT2D eigenvalue weighted by Gasteiger charge is 2.28. The number of benzene rings is 1. The maximum absolute atomic E-state index is 11.1. The maximum atomic E-state index is 11.1. The van der Waals surface area contributed by atoms with Crippen LogP contribution >= 0.6 is 11.3 Å². The van der Waals surface area contributed by atoms with E-state index < -0.39 is 0 Å². The van der Waals surface area contributed by atoms with E-state index in [1.807, 2.05) is 6.07 Å². The van der Waals surface area contributed by atoms with Gasteiger partial charge in [-0.15, -0.1) is 0 Å². The smallest absolute Gasteiger partial charge is 0.280 e. The van der Waals surface area contributed by atoms with Crippen LogP contribution < -0.4 is 10.1 Å². The Labute approximate surface area is 152 Å². The van der Waals surface area contributed by atoms with Gasteiger partial charge in [0.15, 0.2) is 0 Å². The first-order chi connectivity index (χ1) is 12.2. The van der Waals surface area contributed by atoms with Crippen LogP contribution in [0.25, 0.3) is 0 Å². The van der Waals surface area contributed by atoms with Gasteiger partial charge in [0.25, 0.3) is 5.19 Å². The predicted molar refractivity (Wildman–Crippen MR) is 100 cm³/mol. The molecule has 0 radical (unpaired) electrons. The summed E-state index contributed by atoms with van der Waals surface area (Å²) in [7, 11) is 0. The lowest BCUT2D eigenvalue weighted by molar-refractivity contribution is -0.114. The zero-order chi connectivity index (χ0) is 17.2. The van der Waals surface area contributed by atoms with Crippen molar-refractivity contribution in [3.63, 3.8) is 0 Å². The molecule has 2 aliphatic carbocycles.